The van der Waals surface area contributed by atoms with E-state index in [1.54, 1.807) is 12.1 Å². The number of carbonyl (C=O) groups excluding carboxylic acids is 1. The molecule has 180 valence electrons. The van der Waals surface area contributed by atoms with Crippen molar-refractivity contribution < 1.29 is 31.2 Å². The van der Waals surface area contributed by atoms with Crippen molar-refractivity contribution in [2.75, 3.05) is 19.3 Å². The molecule has 0 N–H and O–H groups in total. The Morgan fingerprint density at radius 3 is 2.35 bits per heavy atom. The fourth-order valence-electron chi connectivity index (χ4n) is 3.65. The van der Waals surface area contributed by atoms with Crippen molar-refractivity contribution in [3.8, 4) is 22.8 Å². The van der Waals surface area contributed by atoms with Crippen LogP contribution in [0.1, 0.15) is 18.4 Å². The van der Waals surface area contributed by atoms with Crippen LogP contribution in [0.4, 0.5) is 13.2 Å². The van der Waals surface area contributed by atoms with Crippen LogP contribution in [-0.4, -0.2) is 59.7 Å². The second kappa shape index (κ2) is 9.18. The van der Waals surface area contributed by atoms with Gasteiger partial charge in [-0.25, -0.2) is 18.2 Å². The number of likely N-dealkylation sites (tertiary alicyclic amines) is 1. The Labute approximate surface area is 193 Å². The predicted molar refractivity (Wildman–Crippen MR) is 116 cm³/mol. The van der Waals surface area contributed by atoms with E-state index in [0.29, 0.717) is 10.4 Å². The zero-order valence-corrected chi connectivity index (χ0v) is 18.9. The molecule has 12 heteroatoms. The van der Waals surface area contributed by atoms with Gasteiger partial charge in [-0.15, -0.1) is 5.10 Å². The molecule has 1 aromatic heterocycles. The topological polar surface area (TPSA) is 94.4 Å². The average molecular weight is 494 g/mol. The first-order valence-electron chi connectivity index (χ1n) is 10.4. The lowest BCUT2D eigenvalue weighted by atomic mass is 10.1. The van der Waals surface area contributed by atoms with E-state index >= 15 is 0 Å². The zero-order chi connectivity index (χ0) is 24.5. The van der Waals surface area contributed by atoms with Crippen molar-refractivity contribution >= 4 is 15.8 Å². The highest BCUT2D eigenvalue weighted by atomic mass is 32.2. The number of halogens is 3. The summed E-state index contributed by atoms with van der Waals surface area (Å²) in [5.74, 6) is -2.58. The van der Waals surface area contributed by atoms with Gasteiger partial charge in [0.05, 0.1) is 4.90 Å². The molecule has 1 saturated heterocycles. The number of benzene rings is 2. The molecular weight excluding hydrogens is 473 g/mol. The van der Waals surface area contributed by atoms with Gasteiger partial charge in [0.15, 0.2) is 21.5 Å². The molecule has 8 nitrogen and oxygen atoms in total. The van der Waals surface area contributed by atoms with Crippen molar-refractivity contribution in [3.05, 3.63) is 54.1 Å². The van der Waals surface area contributed by atoms with E-state index in [-0.39, 0.29) is 22.1 Å². The molecule has 2 heterocycles. The quantitative estimate of drug-likeness (QED) is 0.520. The van der Waals surface area contributed by atoms with Crippen molar-refractivity contribution in [2.45, 2.75) is 30.5 Å². The second-order valence-electron chi connectivity index (χ2n) is 7.99. The molecule has 2 aromatic carbocycles. The van der Waals surface area contributed by atoms with Crippen LogP contribution < -0.4 is 4.84 Å². The van der Waals surface area contributed by atoms with Crippen LogP contribution in [-0.2, 0) is 21.2 Å². The predicted octanol–water partition coefficient (Wildman–Crippen LogP) is 3.13. The number of carbonyl (C=O) groups is 1. The Morgan fingerprint density at radius 2 is 1.74 bits per heavy atom. The Morgan fingerprint density at radius 1 is 1.06 bits per heavy atom. The third kappa shape index (κ3) is 5.45. The minimum absolute atomic E-state index is 0.0180. The fraction of sp³-hybridized carbons (Fsp3) is 0.318. The average Bonchev–Trinajstić information content (AvgIpc) is 3.43. The maximum absolute atomic E-state index is 12.8. The molecule has 4 rings (SSSR count). The summed E-state index contributed by atoms with van der Waals surface area (Å²) in [5.41, 5.74) is 1.74. The van der Waals surface area contributed by atoms with Gasteiger partial charge in [-0.05, 0) is 61.8 Å². The molecule has 0 saturated carbocycles. The Hall–Kier alpha value is -3.25. The Bertz CT molecular complexity index is 1300. The third-order valence-electron chi connectivity index (χ3n) is 5.31. The van der Waals surface area contributed by atoms with Gasteiger partial charge >= 0.3 is 12.1 Å². The van der Waals surface area contributed by atoms with Crippen LogP contribution in [0, 0.1) is 0 Å². The van der Waals surface area contributed by atoms with Crippen molar-refractivity contribution in [1.82, 2.24) is 19.8 Å². The van der Waals surface area contributed by atoms with E-state index < -0.39 is 22.0 Å². The van der Waals surface area contributed by atoms with Gasteiger partial charge in [0.1, 0.15) is 0 Å². The van der Waals surface area contributed by atoms with Crippen LogP contribution in [0.3, 0.4) is 0 Å². The molecule has 1 aliphatic heterocycles. The monoisotopic (exact) mass is 494 g/mol. The number of aromatic nitrogens is 3. The van der Waals surface area contributed by atoms with Gasteiger partial charge in [0.2, 0.25) is 0 Å². The lowest BCUT2D eigenvalue weighted by Crippen LogP contribution is -2.34. The number of nitrogens with zero attached hydrogens (tertiary/aromatic N) is 4. The van der Waals surface area contributed by atoms with Crippen LogP contribution in [0.25, 0.3) is 22.8 Å². The number of hydrogen-bond acceptors (Lipinski definition) is 7. The first-order valence-corrected chi connectivity index (χ1v) is 12.3. The molecule has 0 bridgehead atoms. The normalized spacial score (nSPS) is 14.9. The highest BCUT2D eigenvalue weighted by Gasteiger charge is 2.42. The first-order chi connectivity index (χ1) is 16.0. The van der Waals surface area contributed by atoms with Crippen LogP contribution in [0.5, 0.6) is 0 Å². The maximum atomic E-state index is 12.8. The largest absolute Gasteiger partial charge is 0.493 e. The minimum atomic E-state index is -5.24. The van der Waals surface area contributed by atoms with Gasteiger partial charge < -0.3 is 4.84 Å². The number of rotatable bonds is 6. The minimum Gasteiger partial charge on any atom is -0.308 e. The van der Waals surface area contributed by atoms with E-state index in [4.69, 9.17) is 0 Å². The van der Waals surface area contributed by atoms with Crippen molar-refractivity contribution in [3.63, 3.8) is 0 Å². The first kappa shape index (κ1) is 23.9. The SMILES string of the molecule is CS(=O)(=O)c1ccc(-c2nc(-c3cccc(CN4CCCC4)c3)nn2OC(=O)C(F)(F)F)cc1. The molecule has 0 unspecified atom stereocenters. The summed E-state index contributed by atoms with van der Waals surface area (Å²) in [5, 5.41) is 3.99. The highest BCUT2D eigenvalue weighted by molar-refractivity contribution is 7.90. The molecule has 0 amide bonds. The molecule has 0 radical (unpaired) electrons. The molecule has 0 aliphatic carbocycles. The van der Waals surface area contributed by atoms with E-state index in [9.17, 15) is 26.4 Å². The van der Waals surface area contributed by atoms with E-state index in [0.717, 1.165) is 44.3 Å². The molecule has 3 aromatic rings. The standard InChI is InChI=1S/C22H21F3N4O4S/c1-34(31,32)18-9-7-16(8-10-18)20-26-19(27-29(20)33-21(30)22(23,24)25)17-6-4-5-15(13-17)14-28-11-2-3-12-28/h4-10,13H,2-3,11-12,14H2,1H3. The summed E-state index contributed by atoms with van der Waals surface area (Å²) < 4.78 is 61.9. The summed E-state index contributed by atoms with van der Waals surface area (Å²) in [6.45, 7) is 2.72. The van der Waals surface area contributed by atoms with Gasteiger partial charge in [-0.3, -0.25) is 4.90 Å². The van der Waals surface area contributed by atoms with Gasteiger partial charge in [0.25, 0.3) is 0 Å². The van der Waals surface area contributed by atoms with Crippen molar-refractivity contribution in [2.24, 2.45) is 0 Å². The summed E-state index contributed by atoms with van der Waals surface area (Å²) in [7, 11) is -3.48. The van der Waals surface area contributed by atoms with Crippen molar-refractivity contribution in [1.29, 1.82) is 0 Å². The third-order valence-corrected chi connectivity index (χ3v) is 6.44. The lowest BCUT2D eigenvalue weighted by molar-refractivity contribution is -0.201. The summed E-state index contributed by atoms with van der Waals surface area (Å²) in [6.07, 6.45) is -1.93. The van der Waals surface area contributed by atoms with Crippen LogP contribution >= 0.6 is 0 Å². The summed E-state index contributed by atoms with van der Waals surface area (Å²) in [6, 6.07) is 12.5. The van der Waals surface area contributed by atoms with E-state index in [1.165, 1.54) is 24.3 Å². The molecule has 0 spiro atoms. The van der Waals surface area contributed by atoms with Crippen LogP contribution in [0.15, 0.2) is 53.4 Å². The van der Waals surface area contributed by atoms with E-state index in [2.05, 4.69) is 19.8 Å². The van der Waals surface area contributed by atoms with Gasteiger partial charge in [-0.2, -0.15) is 13.2 Å². The molecular formula is C22H21F3N4O4S. The maximum Gasteiger partial charge on any atom is 0.493 e. The van der Waals surface area contributed by atoms with Gasteiger partial charge in [-0.1, -0.05) is 23.0 Å². The summed E-state index contributed by atoms with van der Waals surface area (Å²) in [4.78, 5) is 23.0. The van der Waals surface area contributed by atoms with E-state index in [1.807, 2.05) is 12.1 Å². The lowest BCUT2D eigenvalue weighted by Gasteiger charge is -2.14. The number of hydrogen-bond donors (Lipinski definition) is 0. The number of sulfone groups is 1. The zero-order valence-electron chi connectivity index (χ0n) is 18.1. The highest BCUT2D eigenvalue weighted by Crippen LogP contribution is 2.25. The second-order valence-corrected chi connectivity index (χ2v) is 10.0. The Balaban J connectivity index is 1.71. The molecule has 1 fully saturated rings. The van der Waals surface area contributed by atoms with Gasteiger partial charge in [0, 0.05) is 23.9 Å². The molecule has 1 aliphatic rings. The summed E-state index contributed by atoms with van der Waals surface area (Å²) >= 11 is 0. The molecule has 34 heavy (non-hydrogen) atoms. The smallest absolute Gasteiger partial charge is 0.308 e. The number of alkyl halides is 3. The molecule has 0 atom stereocenters. The van der Waals surface area contributed by atoms with Crippen LogP contribution in [0.2, 0.25) is 0 Å². The fourth-order valence-corrected chi connectivity index (χ4v) is 4.28. The Kier molecular flexibility index (Phi) is 6.45.